The van der Waals surface area contributed by atoms with Crippen molar-refractivity contribution < 1.29 is 18.9 Å². The zero-order valence-corrected chi connectivity index (χ0v) is 18.6. The maximum absolute atomic E-state index is 12.4. The minimum absolute atomic E-state index is 0.0110. The number of carbonyl (C=O) groups is 1. The summed E-state index contributed by atoms with van der Waals surface area (Å²) in [5.74, 6) is 0.215. The van der Waals surface area contributed by atoms with Crippen LogP contribution in [0.1, 0.15) is 27.5 Å². The van der Waals surface area contributed by atoms with E-state index in [-0.39, 0.29) is 11.4 Å². The fourth-order valence-electron chi connectivity index (χ4n) is 3.63. The molecule has 1 amide bonds. The zero-order valence-electron chi connectivity index (χ0n) is 18.6. The van der Waals surface area contributed by atoms with Crippen LogP contribution in [0.5, 0.6) is 5.75 Å². The maximum Gasteiger partial charge on any atom is 0.307 e. The Balaban J connectivity index is 1.48. The summed E-state index contributed by atoms with van der Waals surface area (Å²) in [6.07, 6.45) is 3.25. The van der Waals surface area contributed by atoms with Gasteiger partial charge in [-0.1, -0.05) is 12.7 Å². The predicted molar refractivity (Wildman–Crippen MR) is 129 cm³/mol. The largest absolute Gasteiger partial charge is 0.490 e. The van der Waals surface area contributed by atoms with Gasteiger partial charge in [-0.2, -0.15) is 5.10 Å². The Labute approximate surface area is 195 Å². The minimum Gasteiger partial charge on any atom is -0.490 e. The monoisotopic (exact) mass is 458 g/mol. The summed E-state index contributed by atoms with van der Waals surface area (Å²) in [5, 5.41) is 15.4. The van der Waals surface area contributed by atoms with Crippen LogP contribution >= 0.6 is 0 Å². The number of amides is 1. The van der Waals surface area contributed by atoms with Gasteiger partial charge in [0, 0.05) is 40.2 Å². The molecule has 0 bridgehead atoms. The molecule has 9 heteroatoms. The van der Waals surface area contributed by atoms with E-state index >= 15 is 0 Å². The summed E-state index contributed by atoms with van der Waals surface area (Å²) in [4.78, 5) is 22.9. The number of nitro groups is 1. The molecule has 0 unspecified atom stereocenters. The van der Waals surface area contributed by atoms with Crippen LogP contribution in [0.25, 0.3) is 16.7 Å². The number of nitrogens with one attached hydrogen (secondary N) is 1. The van der Waals surface area contributed by atoms with E-state index in [1.165, 1.54) is 24.3 Å². The number of nitrogens with zero attached hydrogens (tertiary/aromatic N) is 3. The number of fused-ring (bicyclic) bond motifs is 1. The van der Waals surface area contributed by atoms with Gasteiger partial charge in [0.25, 0.3) is 5.69 Å². The van der Waals surface area contributed by atoms with Gasteiger partial charge in [0.05, 0.1) is 11.1 Å². The number of aromatic nitrogens is 1. The molecule has 2 aromatic heterocycles. The van der Waals surface area contributed by atoms with Crippen LogP contribution in [0.4, 0.5) is 5.69 Å². The highest BCUT2D eigenvalue weighted by atomic mass is 16.6. The number of hydrazone groups is 1. The van der Waals surface area contributed by atoms with Gasteiger partial charge in [-0.3, -0.25) is 14.9 Å². The fourth-order valence-corrected chi connectivity index (χ4v) is 3.63. The summed E-state index contributed by atoms with van der Waals surface area (Å²) >= 11 is 0. The number of aryl methyl sites for hydroxylation is 1. The number of carbonyl (C=O) groups excluding carboxylic acids is 1. The van der Waals surface area contributed by atoms with Gasteiger partial charge in [0.1, 0.15) is 17.9 Å². The van der Waals surface area contributed by atoms with Gasteiger partial charge in [0.2, 0.25) is 0 Å². The first kappa shape index (κ1) is 22.5. The van der Waals surface area contributed by atoms with E-state index in [1.54, 1.807) is 12.3 Å². The Morgan fingerprint density at radius 1 is 1.21 bits per heavy atom. The first-order valence-corrected chi connectivity index (χ1v) is 10.4. The van der Waals surface area contributed by atoms with Crippen LogP contribution in [0.15, 0.2) is 76.8 Å². The summed E-state index contributed by atoms with van der Waals surface area (Å²) in [7, 11) is 0. The number of benzene rings is 2. The minimum atomic E-state index is -0.556. The number of hydrogen-bond donors (Lipinski definition) is 1. The summed E-state index contributed by atoms with van der Waals surface area (Å²) in [6.45, 7) is 8.04. The van der Waals surface area contributed by atoms with Crippen LogP contribution in [0.3, 0.4) is 0 Å². The van der Waals surface area contributed by atoms with Crippen molar-refractivity contribution in [3.05, 3.63) is 100 Å². The normalized spacial score (nSPS) is 11.1. The van der Waals surface area contributed by atoms with Crippen molar-refractivity contribution in [2.24, 2.45) is 5.10 Å². The van der Waals surface area contributed by atoms with E-state index in [0.717, 1.165) is 28.4 Å². The lowest BCUT2D eigenvalue weighted by atomic mass is 10.2. The van der Waals surface area contributed by atoms with Crippen molar-refractivity contribution >= 4 is 28.8 Å². The maximum atomic E-state index is 12.4. The van der Waals surface area contributed by atoms with Crippen molar-refractivity contribution in [1.29, 1.82) is 0 Å². The molecule has 0 spiro atoms. The van der Waals surface area contributed by atoms with Gasteiger partial charge < -0.3 is 13.7 Å². The first-order chi connectivity index (χ1) is 16.4. The van der Waals surface area contributed by atoms with E-state index < -0.39 is 10.8 Å². The molecule has 172 valence electrons. The molecule has 0 fully saturated rings. The molecule has 0 aliphatic carbocycles. The quantitative estimate of drug-likeness (QED) is 0.171. The molecule has 0 atom stereocenters. The number of hydrogen-bond acceptors (Lipinski definition) is 6. The molecule has 1 N–H and O–H groups in total. The standard InChI is InChI=1S/C25H22N4O5/c1-4-11-33-22-8-5-20(6-9-22)28-16(2)12-19(17(28)3)15-26-27-25(30)24-14-18-13-21(29(31)32)7-10-23(18)34-24/h4-10,12-15H,1,11H2,2-3H3,(H,27,30)/b26-15+. The van der Waals surface area contributed by atoms with Gasteiger partial charge in [-0.05, 0) is 56.3 Å². The lowest BCUT2D eigenvalue weighted by Crippen LogP contribution is -2.16. The molecule has 0 aliphatic heterocycles. The van der Waals surface area contributed by atoms with Crippen molar-refractivity contribution in [3.63, 3.8) is 0 Å². The highest BCUT2D eigenvalue weighted by Gasteiger charge is 2.15. The summed E-state index contributed by atoms with van der Waals surface area (Å²) in [6, 6.07) is 15.3. The Kier molecular flexibility index (Phi) is 6.26. The molecule has 2 heterocycles. The second kappa shape index (κ2) is 9.45. The van der Waals surface area contributed by atoms with Gasteiger partial charge >= 0.3 is 5.91 Å². The third-order valence-electron chi connectivity index (χ3n) is 5.24. The topological polar surface area (TPSA) is 112 Å². The molecule has 4 aromatic rings. The molecule has 9 nitrogen and oxygen atoms in total. The first-order valence-electron chi connectivity index (χ1n) is 10.4. The van der Waals surface area contributed by atoms with E-state index in [0.29, 0.717) is 17.6 Å². The Morgan fingerprint density at radius 3 is 2.68 bits per heavy atom. The molecule has 0 saturated heterocycles. The molecule has 0 aliphatic rings. The second-order valence-corrected chi connectivity index (χ2v) is 7.54. The molecule has 0 radical (unpaired) electrons. The van der Waals surface area contributed by atoms with Crippen molar-refractivity contribution in [1.82, 2.24) is 9.99 Å². The fraction of sp³-hybridized carbons (Fsp3) is 0.120. The number of furan rings is 1. The Morgan fingerprint density at radius 2 is 1.97 bits per heavy atom. The van der Waals surface area contributed by atoms with Crippen LogP contribution in [0.2, 0.25) is 0 Å². The van der Waals surface area contributed by atoms with E-state index in [1.807, 2.05) is 44.2 Å². The van der Waals surface area contributed by atoms with Gasteiger partial charge in [-0.15, -0.1) is 0 Å². The van der Waals surface area contributed by atoms with E-state index in [9.17, 15) is 14.9 Å². The van der Waals surface area contributed by atoms with Crippen molar-refractivity contribution in [3.8, 4) is 11.4 Å². The molecule has 4 rings (SSSR count). The molecular weight excluding hydrogens is 436 g/mol. The van der Waals surface area contributed by atoms with Gasteiger partial charge in [0.15, 0.2) is 5.76 Å². The van der Waals surface area contributed by atoms with Crippen LogP contribution in [0, 0.1) is 24.0 Å². The molecular formula is C25H22N4O5. The van der Waals surface area contributed by atoms with Crippen LogP contribution in [-0.4, -0.2) is 28.2 Å². The highest BCUT2D eigenvalue weighted by Crippen LogP contribution is 2.25. The zero-order chi connectivity index (χ0) is 24.2. The molecule has 34 heavy (non-hydrogen) atoms. The number of rotatable bonds is 8. The smallest absolute Gasteiger partial charge is 0.307 e. The average Bonchev–Trinajstić information content (AvgIpc) is 3.38. The predicted octanol–water partition coefficient (Wildman–Crippen LogP) is 5.08. The second-order valence-electron chi connectivity index (χ2n) is 7.54. The number of nitro benzene ring substituents is 1. The van der Waals surface area contributed by atoms with Crippen LogP contribution in [-0.2, 0) is 0 Å². The van der Waals surface area contributed by atoms with Crippen molar-refractivity contribution in [2.75, 3.05) is 6.61 Å². The SMILES string of the molecule is C=CCOc1ccc(-n2c(C)cc(/C=N/NC(=O)c3cc4cc([N+](=O)[O-])ccc4o3)c2C)cc1. The average molecular weight is 458 g/mol. The van der Waals surface area contributed by atoms with E-state index in [4.69, 9.17) is 9.15 Å². The lowest BCUT2D eigenvalue weighted by Gasteiger charge is -2.11. The summed E-state index contributed by atoms with van der Waals surface area (Å²) in [5.41, 5.74) is 6.51. The van der Waals surface area contributed by atoms with Crippen molar-refractivity contribution in [2.45, 2.75) is 13.8 Å². The lowest BCUT2D eigenvalue weighted by molar-refractivity contribution is -0.384. The van der Waals surface area contributed by atoms with Gasteiger partial charge in [-0.25, -0.2) is 5.43 Å². The number of ether oxygens (including phenoxy) is 1. The third-order valence-corrected chi connectivity index (χ3v) is 5.24. The van der Waals surface area contributed by atoms with E-state index in [2.05, 4.69) is 21.7 Å². The third kappa shape index (κ3) is 4.58. The highest BCUT2D eigenvalue weighted by molar-refractivity contribution is 5.97. The Bertz CT molecular complexity index is 1410. The number of non-ortho nitro benzene ring substituents is 1. The van der Waals surface area contributed by atoms with Crippen LogP contribution < -0.4 is 10.2 Å². The molecule has 2 aromatic carbocycles. The Hall–Kier alpha value is -4.66. The molecule has 0 saturated carbocycles. The summed E-state index contributed by atoms with van der Waals surface area (Å²) < 4.78 is 13.1.